The largest absolute Gasteiger partial charge is 0.481 e. The summed E-state index contributed by atoms with van der Waals surface area (Å²) in [7, 11) is 1.06. The zero-order chi connectivity index (χ0) is 27.3. The van der Waals surface area contributed by atoms with Crippen LogP contribution in [0.1, 0.15) is 24.0 Å². The molecule has 9 nitrogen and oxygen atoms in total. The normalized spacial score (nSPS) is 14.0. The van der Waals surface area contributed by atoms with E-state index in [1.807, 2.05) is 0 Å². The molecular formula is C25H23F4N7O2. The Hall–Kier alpha value is -4.55. The molecule has 2 heterocycles. The van der Waals surface area contributed by atoms with Crippen molar-refractivity contribution in [3.63, 3.8) is 0 Å². The molecule has 1 fully saturated rings. The van der Waals surface area contributed by atoms with Gasteiger partial charge in [0.15, 0.2) is 0 Å². The highest BCUT2D eigenvalue weighted by Crippen LogP contribution is 2.36. The topological polar surface area (TPSA) is 127 Å². The van der Waals surface area contributed by atoms with E-state index in [4.69, 9.17) is 5.73 Å². The van der Waals surface area contributed by atoms with E-state index in [0.29, 0.717) is 28.9 Å². The van der Waals surface area contributed by atoms with E-state index in [1.54, 1.807) is 12.3 Å². The number of alkyl halides is 3. The number of nitrogens with two attached hydrogens (primary N) is 1. The van der Waals surface area contributed by atoms with E-state index < -0.39 is 35.8 Å². The van der Waals surface area contributed by atoms with Crippen LogP contribution in [-0.2, 0) is 17.4 Å². The zero-order valence-corrected chi connectivity index (χ0v) is 20.1. The van der Waals surface area contributed by atoms with Gasteiger partial charge in [0.2, 0.25) is 17.7 Å². The Morgan fingerprint density at radius 2 is 1.87 bits per heavy atom. The van der Waals surface area contributed by atoms with Crippen LogP contribution in [0.3, 0.4) is 0 Å². The van der Waals surface area contributed by atoms with Crippen LogP contribution in [0.5, 0.6) is 5.88 Å². The molecule has 1 saturated carbocycles. The lowest BCUT2D eigenvalue weighted by Gasteiger charge is -2.13. The molecule has 4 N–H and O–H groups in total. The number of amides is 1. The zero-order valence-electron chi connectivity index (χ0n) is 20.1. The van der Waals surface area contributed by atoms with Crippen molar-refractivity contribution in [3.05, 3.63) is 71.7 Å². The lowest BCUT2D eigenvalue weighted by molar-refractivity contribution is -0.139. The molecule has 0 aliphatic heterocycles. The van der Waals surface area contributed by atoms with E-state index in [-0.39, 0.29) is 17.2 Å². The Morgan fingerprint density at radius 1 is 1.13 bits per heavy atom. The van der Waals surface area contributed by atoms with Gasteiger partial charge in [0, 0.05) is 30.4 Å². The molecular weight excluding hydrogens is 506 g/mol. The summed E-state index contributed by atoms with van der Waals surface area (Å²) < 4.78 is 58.9. The van der Waals surface area contributed by atoms with Crippen molar-refractivity contribution >= 4 is 23.8 Å². The summed E-state index contributed by atoms with van der Waals surface area (Å²) in [5.41, 5.74) is 5.85. The van der Waals surface area contributed by atoms with Gasteiger partial charge >= 0.3 is 6.18 Å². The first-order chi connectivity index (χ1) is 18.2. The summed E-state index contributed by atoms with van der Waals surface area (Å²) in [6.07, 6.45) is 3.98. The Kier molecular flexibility index (Phi) is 7.84. The van der Waals surface area contributed by atoms with Gasteiger partial charge in [0.25, 0.3) is 0 Å². The quantitative estimate of drug-likeness (QED) is 0.278. The first kappa shape index (κ1) is 26.5. The van der Waals surface area contributed by atoms with E-state index >= 15 is 0 Å². The van der Waals surface area contributed by atoms with Crippen LogP contribution in [-0.4, -0.2) is 40.2 Å². The van der Waals surface area contributed by atoms with Gasteiger partial charge in [-0.25, -0.2) is 19.3 Å². The fourth-order valence-corrected chi connectivity index (χ4v) is 3.33. The van der Waals surface area contributed by atoms with Crippen LogP contribution in [0, 0.1) is 5.82 Å². The average Bonchev–Trinajstić information content (AvgIpc) is 3.72. The Balaban J connectivity index is 1.40. The molecule has 0 unspecified atom stereocenters. The Labute approximate surface area is 214 Å². The minimum absolute atomic E-state index is 0.0515. The third-order valence-electron chi connectivity index (χ3n) is 5.43. The van der Waals surface area contributed by atoms with Crippen LogP contribution in [0.15, 0.2) is 59.7 Å². The predicted molar refractivity (Wildman–Crippen MR) is 133 cm³/mol. The van der Waals surface area contributed by atoms with Crippen molar-refractivity contribution in [3.8, 4) is 17.0 Å². The summed E-state index contributed by atoms with van der Waals surface area (Å²) in [4.78, 5) is 28.7. The number of allylic oxidation sites excluding steroid dienone is 1. The molecule has 1 aromatic carbocycles. The maximum atomic E-state index is 14.8. The van der Waals surface area contributed by atoms with Crippen molar-refractivity contribution in [2.75, 3.05) is 17.7 Å². The molecule has 0 atom stereocenters. The highest BCUT2D eigenvalue weighted by molar-refractivity contribution is 5.92. The van der Waals surface area contributed by atoms with E-state index in [9.17, 15) is 22.4 Å². The minimum Gasteiger partial charge on any atom is -0.481 e. The van der Waals surface area contributed by atoms with Crippen molar-refractivity contribution < 1.29 is 27.1 Å². The monoisotopic (exact) mass is 529 g/mol. The third-order valence-corrected chi connectivity index (χ3v) is 5.43. The molecule has 0 saturated heterocycles. The minimum atomic E-state index is -4.73. The lowest BCUT2D eigenvalue weighted by Crippen LogP contribution is -2.17. The summed E-state index contributed by atoms with van der Waals surface area (Å²) >= 11 is 0. The number of aromatic nitrogens is 3. The molecule has 13 heteroatoms. The summed E-state index contributed by atoms with van der Waals surface area (Å²) in [5, 5.41) is 5.24. The third kappa shape index (κ3) is 6.81. The second-order valence-electron chi connectivity index (χ2n) is 8.36. The molecule has 0 spiro atoms. The first-order valence-corrected chi connectivity index (χ1v) is 11.4. The van der Waals surface area contributed by atoms with Crippen LogP contribution < -0.4 is 21.1 Å². The number of hydrogen-bond acceptors (Lipinski definition) is 8. The number of carbonyl (C=O) groups excluding carboxylic acids is 1. The number of nitrogens with zero attached hydrogens (tertiary/aromatic N) is 4. The molecule has 1 aliphatic rings. The lowest BCUT2D eigenvalue weighted by atomic mass is 10.0. The molecule has 0 bridgehead atoms. The average molecular weight is 529 g/mol. The van der Waals surface area contributed by atoms with Gasteiger partial charge in [-0.15, -0.1) is 0 Å². The molecule has 1 aliphatic carbocycles. The van der Waals surface area contributed by atoms with E-state index in [2.05, 4.69) is 35.3 Å². The number of benzene rings is 1. The fraction of sp³-hybridized carbons (Fsp3) is 0.240. The predicted octanol–water partition coefficient (Wildman–Crippen LogP) is 4.33. The number of anilines is 2. The second-order valence-corrected chi connectivity index (χ2v) is 8.36. The van der Waals surface area contributed by atoms with Crippen LogP contribution in [0.2, 0.25) is 0 Å². The summed E-state index contributed by atoms with van der Waals surface area (Å²) in [6, 6.07) is 5.25. The Morgan fingerprint density at radius 3 is 2.47 bits per heavy atom. The number of rotatable bonds is 9. The standard InChI is InChI=1S/C25H23F4N7O2/c1-38-23-20(25(27,28)29)8-18(12-32-23)35-22(37)7-15-3-2-14(6-21(15)26)16-10-33-24(34-11-16)36-19(9-30)13-31-17-4-5-17/h2-3,6,8-13,17H,4-5,7,30H2,1H3,(H,35,37)(H,33,34,36). The number of nitrogens with one attached hydrogen (secondary N) is 2. The van der Waals surface area contributed by atoms with Gasteiger partial charge < -0.3 is 21.1 Å². The van der Waals surface area contributed by atoms with Gasteiger partial charge in [0.1, 0.15) is 11.4 Å². The van der Waals surface area contributed by atoms with Gasteiger partial charge in [-0.05, 0) is 36.1 Å². The Bertz CT molecular complexity index is 1370. The van der Waals surface area contributed by atoms with Gasteiger partial charge in [-0.1, -0.05) is 12.1 Å². The summed E-state index contributed by atoms with van der Waals surface area (Å²) in [6.45, 7) is 0. The van der Waals surface area contributed by atoms with Crippen LogP contribution in [0.4, 0.5) is 29.2 Å². The fourth-order valence-electron chi connectivity index (χ4n) is 3.33. The van der Waals surface area contributed by atoms with Crippen molar-refractivity contribution in [2.24, 2.45) is 10.7 Å². The molecule has 0 radical (unpaired) electrons. The number of methoxy groups -OCH3 is 1. The van der Waals surface area contributed by atoms with E-state index in [0.717, 1.165) is 26.1 Å². The van der Waals surface area contributed by atoms with Gasteiger partial charge in [0.05, 0.1) is 37.2 Å². The maximum absolute atomic E-state index is 14.8. The number of carbonyl (C=O) groups is 1. The molecule has 2 aromatic heterocycles. The first-order valence-electron chi connectivity index (χ1n) is 11.4. The molecule has 3 aromatic rings. The van der Waals surface area contributed by atoms with Gasteiger partial charge in [-0.3, -0.25) is 9.79 Å². The van der Waals surface area contributed by atoms with Crippen molar-refractivity contribution in [1.29, 1.82) is 0 Å². The van der Waals surface area contributed by atoms with E-state index in [1.165, 1.54) is 30.7 Å². The van der Waals surface area contributed by atoms with Crippen LogP contribution in [0.25, 0.3) is 11.1 Å². The number of ether oxygens (including phenoxy) is 1. The number of aliphatic imine (C=N–C) groups is 1. The molecule has 198 valence electrons. The van der Waals surface area contributed by atoms with Crippen LogP contribution >= 0.6 is 0 Å². The molecule has 4 rings (SSSR count). The number of pyridine rings is 1. The number of halogens is 4. The maximum Gasteiger partial charge on any atom is 0.421 e. The van der Waals surface area contributed by atoms with Crippen molar-refractivity contribution in [2.45, 2.75) is 31.5 Å². The highest BCUT2D eigenvalue weighted by Gasteiger charge is 2.35. The molecule has 38 heavy (non-hydrogen) atoms. The van der Waals surface area contributed by atoms with Gasteiger partial charge in [-0.2, -0.15) is 13.2 Å². The highest BCUT2D eigenvalue weighted by atomic mass is 19.4. The smallest absolute Gasteiger partial charge is 0.421 e. The summed E-state index contributed by atoms with van der Waals surface area (Å²) in [5.74, 6) is -1.73. The second kappa shape index (κ2) is 11.2. The van der Waals surface area contributed by atoms with Crippen molar-refractivity contribution in [1.82, 2.24) is 15.0 Å². The SMILES string of the molecule is COc1ncc(NC(=O)Cc2ccc(-c3cnc(NC(C=NC4CC4)=CN)nc3)cc2F)cc1C(F)(F)F. The molecule has 1 amide bonds. The number of hydrogen-bond donors (Lipinski definition) is 3.